The van der Waals surface area contributed by atoms with Gasteiger partial charge in [0.05, 0.1) is 5.56 Å². The van der Waals surface area contributed by atoms with Crippen LogP contribution in [0.1, 0.15) is 23.1 Å². The van der Waals surface area contributed by atoms with Crippen molar-refractivity contribution in [3.63, 3.8) is 0 Å². The molecule has 0 heterocycles. The van der Waals surface area contributed by atoms with Crippen LogP contribution in [0.2, 0.25) is 0 Å². The van der Waals surface area contributed by atoms with E-state index in [1.807, 2.05) is 0 Å². The van der Waals surface area contributed by atoms with Gasteiger partial charge in [-0.1, -0.05) is 0 Å². The fraction of sp³-hybridized carbons (Fsp3) is 0.333. The van der Waals surface area contributed by atoms with E-state index in [4.69, 9.17) is 4.74 Å². The second-order valence-corrected chi connectivity index (χ2v) is 3.99. The summed E-state index contributed by atoms with van der Waals surface area (Å²) in [6, 6.07) is 3.23. The van der Waals surface area contributed by atoms with Gasteiger partial charge in [0.25, 0.3) is 0 Å². The van der Waals surface area contributed by atoms with E-state index >= 15 is 0 Å². The lowest BCUT2D eigenvalue weighted by Gasteiger charge is -2.31. The fourth-order valence-corrected chi connectivity index (χ4v) is 1.98. The molecule has 4 heteroatoms. The van der Waals surface area contributed by atoms with E-state index in [0.29, 0.717) is 5.56 Å². The number of rotatable bonds is 1. The number of phenolic OH excluding ortho intramolecular Hbond substituents is 1. The van der Waals surface area contributed by atoms with Gasteiger partial charge < -0.3 is 20.1 Å². The molecule has 1 aliphatic carbocycles. The fourth-order valence-electron chi connectivity index (χ4n) is 1.98. The largest absolute Gasteiger partial charge is 0.508 e. The van der Waals surface area contributed by atoms with Crippen molar-refractivity contribution in [2.24, 2.45) is 0 Å². The normalized spacial score (nSPS) is 23.8. The van der Waals surface area contributed by atoms with Crippen LogP contribution in [0.5, 0.6) is 5.75 Å². The first-order valence-corrected chi connectivity index (χ1v) is 4.99. The maximum absolute atomic E-state index is 10.2. The maximum Gasteiger partial charge on any atom is 0.196 e. The number of fused-ring (bicyclic) bond motifs is 1. The van der Waals surface area contributed by atoms with Crippen molar-refractivity contribution in [1.29, 1.82) is 0 Å². The van der Waals surface area contributed by atoms with Crippen molar-refractivity contribution in [3.8, 4) is 5.75 Å². The summed E-state index contributed by atoms with van der Waals surface area (Å²) in [6.45, 7) is 1.80. The van der Waals surface area contributed by atoms with E-state index in [1.165, 1.54) is 19.3 Å². The monoisotopic (exact) mass is 222 g/mol. The number of hydrogen-bond acceptors (Lipinski definition) is 4. The zero-order chi connectivity index (χ0) is 11.9. The summed E-state index contributed by atoms with van der Waals surface area (Å²) in [5.41, 5.74) is 1.43. The van der Waals surface area contributed by atoms with Crippen LogP contribution in [0.25, 0.3) is 5.76 Å². The van der Waals surface area contributed by atoms with Crippen LogP contribution < -0.4 is 0 Å². The Morgan fingerprint density at radius 1 is 1.31 bits per heavy atom. The minimum absolute atomic E-state index is 0.0331. The highest BCUT2D eigenvalue weighted by molar-refractivity contribution is 5.71. The van der Waals surface area contributed by atoms with Crippen molar-refractivity contribution < 1.29 is 20.1 Å². The third-order valence-corrected chi connectivity index (χ3v) is 2.85. The molecule has 0 spiro atoms. The van der Waals surface area contributed by atoms with E-state index in [-0.39, 0.29) is 23.5 Å². The van der Waals surface area contributed by atoms with Gasteiger partial charge in [-0.05, 0) is 30.7 Å². The second-order valence-electron chi connectivity index (χ2n) is 3.99. The standard InChI is InChI=1S/C12H14O4/c1-7-5-8-11(10(14)6-7)9(13)3-4-12(8,15)16-2/h3,5-6,13-15H,4H2,1-2H3. The van der Waals surface area contributed by atoms with Gasteiger partial charge in [-0.15, -0.1) is 0 Å². The Bertz CT molecular complexity index is 464. The highest BCUT2D eigenvalue weighted by Gasteiger charge is 2.36. The Labute approximate surface area is 93.4 Å². The van der Waals surface area contributed by atoms with Gasteiger partial charge in [0.15, 0.2) is 5.79 Å². The molecule has 0 saturated carbocycles. The van der Waals surface area contributed by atoms with Crippen LogP contribution in [0.3, 0.4) is 0 Å². The summed E-state index contributed by atoms with van der Waals surface area (Å²) in [7, 11) is 1.39. The first-order valence-electron chi connectivity index (χ1n) is 4.99. The molecule has 2 rings (SSSR count). The molecule has 1 aromatic rings. The van der Waals surface area contributed by atoms with Crippen molar-refractivity contribution in [3.05, 3.63) is 34.9 Å². The highest BCUT2D eigenvalue weighted by atomic mass is 16.6. The van der Waals surface area contributed by atoms with E-state index in [2.05, 4.69) is 0 Å². The van der Waals surface area contributed by atoms with Crippen LogP contribution in [0.4, 0.5) is 0 Å². The Morgan fingerprint density at radius 3 is 2.62 bits per heavy atom. The Kier molecular flexibility index (Phi) is 2.40. The molecule has 16 heavy (non-hydrogen) atoms. The topological polar surface area (TPSA) is 69.9 Å². The lowest BCUT2D eigenvalue weighted by atomic mass is 9.88. The van der Waals surface area contributed by atoms with E-state index < -0.39 is 5.79 Å². The SMILES string of the molecule is COC1(O)CC=C(O)c2c(O)cc(C)cc21. The molecular formula is C12H14O4. The number of hydrogen-bond donors (Lipinski definition) is 3. The Hall–Kier alpha value is -1.52. The summed E-state index contributed by atoms with van der Waals surface area (Å²) in [5, 5.41) is 29.7. The van der Waals surface area contributed by atoms with Crippen LogP contribution in [0, 0.1) is 6.92 Å². The maximum atomic E-state index is 10.2. The molecule has 0 aromatic heterocycles. The summed E-state index contributed by atoms with van der Waals surface area (Å²) in [4.78, 5) is 0. The summed E-state index contributed by atoms with van der Waals surface area (Å²) in [6.07, 6.45) is 1.59. The van der Waals surface area contributed by atoms with Crippen molar-refractivity contribution in [2.45, 2.75) is 19.1 Å². The highest BCUT2D eigenvalue weighted by Crippen LogP contribution is 2.41. The molecule has 1 unspecified atom stereocenters. The van der Waals surface area contributed by atoms with Crippen molar-refractivity contribution in [1.82, 2.24) is 0 Å². The molecule has 0 fully saturated rings. The quantitative estimate of drug-likeness (QED) is 0.634. The van der Waals surface area contributed by atoms with Gasteiger partial charge in [0.1, 0.15) is 11.5 Å². The summed E-state index contributed by atoms with van der Waals surface area (Å²) in [5.74, 6) is -1.57. The van der Waals surface area contributed by atoms with Gasteiger partial charge in [0, 0.05) is 19.1 Å². The Morgan fingerprint density at radius 2 is 2.00 bits per heavy atom. The van der Waals surface area contributed by atoms with Gasteiger partial charge in [-0.2, -0.15) is 0 Å². The Balaban J connectivity index is 2.72. The average Bonchev–Trinajstić information content (AvgIpc) is 2.23. The molecule has 86 valence electrons. The number of aliphatic hydroxyl groups is 2. The van der Waals surface area contributed by atoms with Crippen molar-refractivity contribution in [2.75, 3.05) is 7.11 Å². The number of aromatic hydroxyl groups is 1. The zero-order valence-electron chi connectivity index (χ0n) is 9.19. The average molecular weight is 222 g/mol. The van der Waals surface area contributed by atoms with Gasteiger partial charge in [-0.3, -0.25) is 0 Å². The summed E-state index contributed by atoms with van der Waals surface area (Å²) < 4.78 is 5.05. The third-order valence-electron chi connectivity index (χ3n) is 2.85. The lowest BCUT2D eigenvalue weighted by molar-refractivity contribution is -0.192. The molecule has 0 bridgehead atoms. The molecule has 0 radical (unpaired) electrons. The van der Waals surface area contributed by atoms with Crippen LogP contribution in [0.15, 0.2) is 18.2 Å². The molecule has 0 aliphatic heterocycles. The molecule has 4 nitrogen and oxygen atoms in total. The number of benzene rings is 1. The predicted octanol–water partition coefficient (Wildman–Crippen LogP) is 1.79. The first kappa shape index (κ1) is 11.0. The van der Waals surface area contributed by atoms with Crippen LogP contribution >= 0.6 is 0 Å². The second kappa shape index (κ2) is 3.50. The van der Waals surface area contributed by atoms with Gasteiger partial charge in [0.2, 0.25) is 0 Å². The first-order chi connectivity index (χ1) is 7.48. The van der Waals surface area contributed by atoms with Gasteiger partial charge in [-0.25, -0.2) is 0 Å². The predicted molar refractivity (Wildman–Crippen MR) is 59.0 cm³/mol. The zero-order valence-corrected chi connectivity index (χ0v) is 9.19. The van der Waals surface area contributed by atoms with Crippen LogP contribution in [-0.4, -0.2) is 22.4 Å². The molecule has 0 saturated heterocycles. The van der Waals surface area contributed by atoms with Gasteiger partial charge >= 0.3 is 0 Å². The lowest BCUT2D eigenvalue weighted by Crippen LogP contribution is -2.31. The number of aryl methyl sites for hydroxylation is 1. The number of methoxy groups -OCH3 is 1. The molecule has 1 aliphatic rings. The molecule has 0 amide bonds. The van der Waals surface area contributed by atoms with Crippen molar-refractivity contribution >= 4 is 5.76 Å². The van der Waals surface area contributed by atoms with E-state index in [0.717, 1.165) is 5.56 Å². The number of aliphatic hydroxyl groups excluding tert-OH is 1. The smallest absolute Gasteiger partial charge is 0.196 e. The minimum atomic E-state index is -1.48. The minimum Gasteiger partial charge on any atom is -0.508 e. The van der Waals surface area contributed by atoms with E-state index in [9.17, 15) is 15.3 Å². The summed E-state index contributed by atoms with van der Waals surface area (Å²) >= 11 is 0. The number of ether oxygens (including phenoxy) is 1. The third kappa shape index (κ3) is 1.47. The van der Waals surface area contributed by atoms with E-state index in [1.54, 1.807) is 13.0 Å². The van der Waals surface area contributed by atoms with Crippen LogP contribution in [-0.2, 0) is 10.5 Å². The molecule has 1 atom stereocenters. The molecular weight excluding hydrogens is 208 g/mol. The number of phenols is 1. The molecule has 3 N–H and O–H groups in total. The molecule has 1 aromatic carbocycles.